The first-order chi connectivity index (χ1) is 16.0. The Morgan fingerprint density at radius 2 is 1.56 bits per heavy atom. The fourth-order valence-electron chi connectivity index (χ4n) is 4.12. The van der Waals surface area contributed by atoms with Gasteiger partial charge in [0, 0.05) is 23.6 Å². The van der Waals surface area contributed by atoms with E-state index in [1.807, 2.05) is 30.3 Å². The maximum Gasteiger partial charge on any atom is 0.247 e. The third-order valence-corrected chi connectivity index (χ3v) is 7.54. The Labute approximate surface area is 202 Å². The van der Waals surface area contributed by atoms with Crippen molar-refractivity contribution >= 4 is 27.5 Å². The lowest BCUT2D eigenvalue weighted by molar-refractivity contribution is -0.130. The number of nitrogens with one attached hydrogen (secondary N) is 3. The molecule has 0 aliphatic heterocycles. The minimum Gasteiger partial charge on any atom is -0.344 e. The molecule has 7 nitrogen and oxygen atoms in total. The highest BCUT2D eigenvalue weighted by atomic mass is 32.2. The normalized spacial score (nSPS) is 16.0. The molecule has 0 spiro atoms. The van der Waals surface area contributed by atoms with E-state index in [0.717, 1.165) is 37.7 Å². The zero-order valence-corrected chi connectivity index (χ0v) is 21.0. The van der Waals surface area contributed by atoms with Gasteiger partial charge in [0.05, 0.1) is 4.90 Å². The van der Waals surface area contributed by atoms with E-state index in [-0.39, 0.29) is 22.6 Å². The summed E-state index contributed by atoms with van der Waals surface area (Å²) in [6, 6.07) is 14.8. The summed E-state index contributed by atoms with van der Waals surface area (Å²) >= 11 is 0. The zero-order chi connectivity index (χ0) is 24.8. The van der Waals surface area contributed by atoms with Crippen LogP contribution in [-0.4, -0.2) is 31.8 Å². The number of sulfonamides is 1. The van der Waals surface area contributed by atoms with Crippen LogP contribution in [0.4, 0.5) is 5.69 Å². The Morgan fingerprint density at radius 1 is 0.941 bits per heavy atom. The van der Waals surface area contributed by atoms with E-state index in [4.69, 9.17) is 0 Å². The van der Waals surface area contributed by atoms with Crippen LogP contribution in [0.5, 0.6) is 0 Å². The molecule has 3 N–H and O–H groups in total. The Morgan fingerprint density at radius 3 is 2.15 bits per heavy atom. The lowest BCUT2D eigenvalue weighted by atomic mass is 9.88. The van der Waals surface area contributed by atoms with E-state index in [1.54, 1.807) is 32.9 Å². The largest absolute Gasteiger partial charge is 0.344 e. The summed E-state index contributed by atoms with van der Waals surface area (Å²) in [5, 5.41) is 5.79. The first-order valence-corrected chi connectivity index (χ1v) is 13.3. The average molecular weight is 486 g/mol. The van der Waals surface area contributed by atoms with E-state index >= 15 is 0 Å². The smallest absolute Gasteiger partial charge is 0.247 e. The molecule has 0 heterocycles. The van der Waals surface area contributed by atoms with Crippen LogP contribution in [0.3, 0.4) is 0 Å². The lowest BCUT2D eigenvalue weighted by Gasteiger charge is -2.25. The molecule has 0 aromatic heterocycles. The van der Waals surface area contributed by atoms with Crippen LogP contribution in [0.2, 0.25) is 0 Å². The van der Waals surface area contributed by atoms with Crippen molar-refractivity contribution in [3.63, 3.8) is 0 Å². The van der Waals surface area contributed by atoms with Crippen molar-refractivity contribution in [3.8, 4) is 0 Å². The molecule has 2 amide bonds. The van der Waals surface area contributed by atoms with Crippen molar-refractivity contribution in [1.29, 1.82) is 0 Å². The number of amides is 2. The SMILES string of the molecule is CC(C)(C)NS(=O)(=O)c1ccc(NC(=O)[C@@H](Cc2ccccc2)NC(=O)C2CCCCC2)cc1. The molecule has 8 heteroatoms. The molecule has 0 radical (unpaired) electrons. The lowest BCUT2D eigenvalue weighted by Crippen LogP contribution is -2.47. The van der Waals surface area contributed by atoms with Gasteiger partial charge in [0.15, 0.2) is 0 Å². The Bertz CT molecular complexity index is 1070. The Kier molecular flexibility index (Phi) is 8.49. The van der Waals surface area contributed by atoms with E-state index in [0.29, 0.717) is 12.1 Å². The summed E-state index contributed by atoms with van der Waals surface area (Å²) in [4.78, 5) is 26.1. The number of hydrogen-bond acceptors (Lipinski definition) is 4. The molecule has 1 atom stereocenters. The molecule has 0 bridgehead atoms. The molecule has 34 heavy (non-hydrogen) atoms. The van der Waals surface area contributed by atoms with E-state index in [9.17, 15) is 18.0 Å². The summed E-state index contributed by atoms with van der Waals surface area (Å²) < 4.78 is 27.6. The van der Waals surface area contributed by atoms with Crippen LogP contribution in [0.15, 0.2) is 59.5 Å². The first-order valence-electron chi connectivity index (χ1n) is 11.8. The van der Waals surface area contributed by atoms with Crippen molar-refractivity contribution in [2.24, 2.45) is 5.92 Å². The number of anilines is 1. The molecule has 1 aliphatic rings. The molecule has 2 aromatic carbocycles. The van der Waals surface area contributed by atoms with E-state index in [2.05, 4.69) is 15.4 Å². The molecule has 0 saturated heterocycles. The molecule has 184 valence electrons. The fraction of sp³-hybridized carbons (Fsp3) is 0.462. The van der Waals surface area contributed by atoms with Crippen molar-refractivity contribution in [1.82, 2.24) is 10.0 Å². The standard InChI is InChI=1S/C26H35N3O4S/c1-26(2,3)29-34(32,33)22-16-14-21(15-17-22)27-25(31)23(18-19-10-6-4-7-11-19)28-24(30)20-12-8-5-9-13-20/h4,6-7,10-11,14-17,20,23,29H,5,8-9,12-13,18H2,1-3H3,(H,27,31)(H,28,30)/t23-/m1/s1. The van der Waals surface area contributed by atoms with Crippen LogP contribution in [0.1, 0.15) is 58.4 Å². The molecular formula is C26H35N3O4S. The number of carbonyl (C=O) groups excluding carboxylic acids is 2. The van der Waals surface area contributed by atoms with Crippen LogP contribution >= 0.6 is 0 Å². The van der Waals surface area contributed by atoms with Gasteiger partial charge < -0.3 is 10.6 Å². The van der Waals surface area contributed by atoms with Gasteiger partial charge in [0.2, 0.25) is 21.8 Å². The van der Waals surface area contributed by atoms with Crippen molar-refractivity contribution in [3.05, 3.63) is 60.2 Å². The van der Waals surface area contributed by atoms with E-state index < -0.39 is 21.6 Å². The highest BCUT2D eigenvalue weighted by Crippen LogP contribution is 2.24. The molecule has 3 rings (SSSR count). The van der Waals surface area contributed by atoms with Crippen LogP contribution < -0.4 is 15.4 Å². The van der Waals surface area contributed by atoms with Gasteiger partial charge in [0.25, 0.3) is 0 Å². The maximum absolute atomic E-state index is 13.1. The Balaban J connectivity index is 1.72. The Hall–Kier alpha value is -2.71. The summed E-state index contributed by atoms with van der Waals surface area (Å²) in [6.07, 6.45) is 5.29. The number of hydrogen-bond donors (Lipinski definition) is 3. The summed E-state index contributed by atoms with van der Waals surface area (Å²) in [5.74, 6) is -0.471. The number of rotatable bonds is 8. The summed E-state index contributed by atoms with van der Waals surface area (Å²) in [6.45, 7) is 5.31. The van der Waals surface area contributed by atoms with Gasteiger partial charge >= 0.3 is 0 Å². The van der Waals surface area contributed by atoms with Gasteiger partial charge in [-0.3, -0.25) is 9.59 Å². The van der Waals surface area contributed by atoms with Crippen LogP contribution in [-0.2, 0) is 26.0 Å². The van der Waals surface area contributed by atoms with Crippen molar-refractivity contribution < 1.29 is 18.0 Å². The van der Waals surface area contributed by atoms with Crippen molar-refractivity contribution in [2.75, 3.05) is 5.32 Å². The third-order valence-electron chi connectivity index (χ3n) is 5.76. The minimum atomic E-state index is -3.67. The fourth-order valence-corrected chi connectivity index (χ4v) is 5.54. The highest BCUT2D eigenvalue weighted by Gasteiger charge is 2.27. The molecule has 1 saturated carbocycles. The summed E-state index contributed by atoms with van der Waals surface area (Å²) in [7, 11) is -3.67. The predicted molar refractivity (Wildman–Crippen MR) is 134 cm³/mol. The molecule has 1 fully saturated rings. The molecule has 0 unspecified atom stereocenters. The van der Waals surface area contributed by atoms with Gasteiger partial charge in [-0.15, -0.1) is 0 Å². The number of benzene rings is 2. The highest BCUT2D eigenvalue weighted by molar-refractivity contribution is 7.89. The van der Waals surface area contributed by atoms with Gasteiger partial charge in [-0.25, -0.2) is 13.1 Å². The zero-order valence-electron chi connectivity index (χ0n) is 20.1. The second-order valence-electron chi connectivity index (χ2n) is 9.95. The monoisotopic (exact) mass is 485 g/mol. The third kappa shape index (κ3) is 7.67. The maximum atomic E-state index is 13.1. The molecule has 1 aliphatic carbocycles. The van der Waals surface area contributed by atoms with Gasteiger partial charge in [-0.05, 0) is 63.4 Å². The van der Waals surface area contributed by atoms with Crippen molar-refractivity contribution in [2.45, 2.75) is 75.8 Å². The minimum absolute atomic E-state index is 0.0559. The molecular weight excluding hydrogens is 450 g/mol. The molecule has 2 aromatic rings. The second kappa shape index (κ2) is 11.1. The second-order valence-corrected chi connectivity index (χ2v) is 11.6. The predicted octanol–water partition coefficient (Wildman–Crippen LogP) is 4.01. The van der Waals surface area contributed by atoms with Gasteiger partial charge in [0.1, 0.15) is 6.04 Å². The number of carbonyl (C=O) groups is 2. The average Bonchev–Trinajstić information content (AvgIpc) is 2.78. The summed E-state index contributed by atoms with van der Waals surface area (Å²) in [5.41, 5.74) is 0.804. The topological polar surface area (TPSA) is 104 Å². The first kappa shape index (κ1) is 25.9. The van der Waals surface area contributed by atoms with Crippen LogP contribution in [0.25, 0.3) is 0 Å². The van der Waals surface area contributed by atoms with Crippen LogP contribution in [0, 0.1) is 5.92 Å². The van der Waals surface area contributed by atoms with E-state index in [1.165, 1.54) is 12.1 Å². The van der Waals surface area contributed by atoms with Gasteiger partial charge in [-0.2, -0.15) is 0 Å². The quantitative estimate of drug-likeness (QED) is 0.525. The van der Waals surface area contributed by atoms with Gasteiger partial charge in [-0.1, -0.05) is 49.6 Å².